The molecule has 31 heavy (non-hydrogen) atoms. The Kier molecular flexibility index (Phi) is 8.46. The van der Waals surface area contributed by atoms with Crippen LogP contribution >= 0.6 is 11.8 Å². The van der Waals surface area contributed by atoms with E-state index in [4.69, 9.17) is 4.74 Å². The zero-order chi connectivity index (χ0) is 22.1. The number of carbonyl (C=O) groups excluding carboxylic acids is 3. The first-order valence-electron chi connectivity index (χ1n) is 10.2. The molecule has 2 N–H and O–H groups in total. The maximum absolute atomic E-state index is 13.0. The Morgan fingerprint density at radius 3 is 2.42 bits per heavy atom. The summed E-state index contributed by atoms with van der Waals surface area (Å²) in [4.78, 5) is 37.3. The Labute approximate surface area is 184 Å². The molecule has 2 aromatic carbocycles. The van der Waals surface area contributed by atoms with Gasteiger partial charge in [0.25, 0.3) is 5.91 Å². The molecule has 2 aromatic rings. The van der Waals surface area contributed by atoms with E-state index >= 15 is 0 Å². The zero-order valence-electron chi connectivity index (χ0n) is 17.1. The van der Waals surface area contributed by atoms with Gasteiger partial charge in [0.05, 0.1) is 11.3 Å². The lowest BCUT2D eigenvalue weighted by molar-refractivity contribution is -0.125. The second kappa shape index (κ2) is 11.5. The highest BCUT2D eigenvalue weighted by atomic mass is 32.2. The van der Waals surface area contributed by atoms with E-state index in [1.54, 1.807) is 24.3 Å². The summed E-state index contributed by atoms with van der Waals surface area (Å²) in [5.41, 5.74) is 0.788. The number of nitrogens with one attached hydrogen (secondary N) is 2. The molecule has 164 valence electrons. The summed E-state index contributed by atoms with van der Waals surface area (Å²) in [6.45, 7) is -0.334. The van der Waals surface area contributed by atoms with Crippen molar-refractivity contribution >= 4 is 35.2 Å². The number of benzene rings is 2. The number of anilines is 1. The highest BCUT2D eigenvalue weighted by molar-refractivity contribution is 8.00. The topological polar surface area (TPSA) is 84.5 Å². The number of amides is 2. The molecule has 8 heteroatoms. The maximum Gasteiger partial charge on any atom is 0.339 e. The Morgan fingerprint density at radius 2 is 1.68 bits per heavy atom. The first-order chi connectivity index (χ1) is 15.0. The van der Waals surface area contributed by atoms with Gasteiger partial charge < -0.3 is 15.4 Å². The highest BCUT2D eigenvalue weighted by Gasteiger charge is 2.18. The molecular weight excluding hydrogens is 419 g/mol. The van der Waals surface area contributed by atoms with Crippen LogP contribution in [0.2, 0.25) is 0 Å². The molecule has 0 spiro atoms. The minimum absolute atomic E-state index is 0.0594. The second-order valence-corrected chi connectivity index (χ2v) is 8.34. The van der Waals surface area contributed by atoms with E-state index in [0.717, 1.165) is 25.7 Å². The van der Waals surface area contributed by atoms with Gasteiger partial charge in [-0.2, -0.15) is 0 Å². The molecule has 3 rings (SSSR count). The van der Waals surface area contributed by atoms with Gasteiger partial charge in [0.1, 0.15) is 5.82 Å². The molecule has 0 unspecified atom stereocenters. The molecule has 0 aromatic heterocycles. The summed E-state index contributed by atoms with van der Waals surface area (Å²) >= 11 is 1.18. The average Bonchev–Trinajstić information content (AvgIpc) is 2.78. The first kappa shape index (κ1) is 22.8. The standard InChI is InChI=1S/C23H25FN2O4S/c24-16-10-12-18(13-11-16)26-22(28)15-31-20-9-5-4-8-19(20)23(29)30-14-21(27)25-17-6-2-1-3-7-17/h4-5,8-13,17H,1-3,6-7,14-15H2,(H,25,27)(H,26,28). The maximum atomic E-state index is 13.0. The van der Waals surface area contributed by atoms with Crippen LogP contribution in [-0.4, -0.2) is 36.2 Å². The fourth-order valence-corrected chi connectivity index (χ4v) is 4.20. The van der Waals surface area contributed by atoms with Crippen LogP contribution in [0.25, 0.3) is 0 Å². The summed E-state index contributed by atoms with van der Waals surface area (Å²) in [5, 5.41) is 5.58. The predicted molar refractivity (Wildman–Crippen MR) is 117 cm³/mol. The van der Waals surface area contributed by atoms with E-state index in [-0.39, 0.29) is 36.0 Å². The third-order valence-electron chi connectivity index (χ3n) is 4.90. The molecule has 6 nitrogen and oxygen atoms in total. The number of hydrogen-bond donors (Lipinski definition) is 2. The number of halogens is 1. The van der Waals surface area contributed by atoms with E-state index in [2.05, 4.69) is 10.6 Å². The van der Waals surface area contributed by atoms with Crippen LogP contribution in [0.5, 0.6) is 0 Å². The van der Waals surface area contributed by atoms with Gasteiger partial charge in [0, 0.05) is 16.6 Å². The van der Waals surface area contributed by atoms with E-state index < -0.39 is 5.97 Å². The van der Waals surface area contributed by atoms with E-state index in [0.29, 0.717) is 16.1 Å². The molecule has 1 fully saturated rings. The smallest absolute Gasteiger partial charge is 0.339 e. The van der Waals surface area contributed by atoms with Crippen molar-refractivity contribution in [3.8, 4) is 0 Å². The largest absolute Gasteiger partial charge is 0.452 e. The third kappa shape index (κ3) is 7.40. The lowest BCUT2D eigenvalue weighted by Gasteiger charge is -2.22. The van der Waals surface area contributed by atoms with Crippen LogP contribution in [0, 0.1) is 5.82 Å². The summed E-state index contributed by atoms with van der Waals surface area (Å²) in [6.07, 6.45) is 5.31. The lowest BCUT2D eigenvalue weighted by atomic mass is 9.95. The van der Waals surface area contributed by atoms with Crippen molar-refractivity contribution < 1.29 is 23.5 Å². The molecule has 0 heterocycles. The van der Waals surface area contributed by atoms with Gasteiger partial charge in [-0.15, -0.1) is 11.8 Å². The summed E-state index contributed by atoms with van der Waals surface area (Å²) in [7, 11) is 0. The second-order valence-electron chi connectivity index (χ2n) is 7.32. The third-order valence-corrected chi connectivity index (χ3v) is 5.97. The van der Waals surface area contributed by atoms with Gasteiger partial charge in [-0.05, 0) is 49.2 Å². The number of hydrogen-bond acceptors (Lipinski definition) is 5. The molecule has 0 saturated heterocycles. The molecule has 0 atom stereocenters. The van der Waals surface area contributed by atoms with Crippen LogP contribution in [0.3, 0.4) is 0 Å². The van der Waals surface area contributed by atoms with Gasteiger partial charge >= 0.3 is 5.97 Å². The molecule has 1 aliphatic rings. The van der Waals surface area contributed by atoms with Crippen LogP contribution in [0.1, 0.15) is 42.5 Å². The van der Waals surface area contributed by atoms with Gasteiger partial charge in [0.2, 0.25) is 5.91 Å². The average molecular weight is 445 g/mol. The van der Waals surface area contributed by atoms with Crippen molar-refractivity contribution in [1.29, 1.82) is 0 Å². The molecule has 2 amide bonds. The number of thioether (sulfide) groups is 1. The monoisotopic (exact) mass is 444 g/mol. The van der Waals surface area contributed by atoms with Gasteiger partial charge in [-0.3, -0.25) is 9.59 Å². The van der Waals surface area contributed by atoms with Crippen LogP contribution in [0.4, 0.5) is 10.1 Å². The first-order valence-corrected chi connectivity index (χ1v) is 11.2. The number of ether oxygens (including phenoxy) is 1. The minimum Gasteiger partial charge on any atom is -0.452 e. The van der Waals surface area contributed by atoms with Crippen LogP contribution in [-0.2, 0) is 14.3 Å². The zero-order valence-corrected chi connectivity index (χ0v) is 17.9. The number of esters is 1. The summed E-state index contributed by atoms with van der Waals surface area (Å²) in [6, 6.07) is 12.4. The van der Waals surface area contributed by atoms with Crippen LogP contribution in [0.15, 0.2) is 53.4 Å². The number of rotatable bonds is 8. The SMILES string of the molecule is O=C(CSc1ccccc1C(=O)OCC(=O)NC1CCCCC1)Nc1ccc(F)cc1. The predicted octanol–water partition coefficient (Wildman–Crippen LogP) is 4.16. The molecule has 1 aliphatic carbocycles. The lowest BCUT2D eigenvalue weighted by Crippen LogP contribution is -2.38. The van der Waals surface area contributed by atoms with E-state index in [1.165, 1.54) is 42.4 Å². The quantitative estimate of drug-likeness (QED) is 0.472. The fourth-order valence-electron chi connectivity index (χ4n) is 3.36. The van der Waals surface area contributed by atoms with Crippen LogP contribution < -0.4 is 10.6 Å². The normalized spacial score (nSPS) is 14.0. The number of carbonyl (C=O) groups is 3. The van der Waals surface area contributed by atoms with E-state index in [1.807, 2.05) is 0 Å². The van der Waals surface area contributed by atoms with Crippen molar-refractivity contribution in [2.24, 2.45) is 0 Å². The van der Waals surface area contributed by atoms with E-state index in [9.17, 15) is 18.8 Å². The Morgan fingerprint density at radius 1 is 0.968 bits per heavy atom. The Hall–Kier alpha value is -2.87. The van der Waals surface area contributed by atoms with Crippen molar-refractivity contribution in [3.05, 3.63) is 59.9 Å². The fraction of sp³-hybridized carbons (Fsp3) is 0.348. The summed E-state index contributed by atoms with van der Waals surface area (Å²) in [5.74, 6) is -1.52. The Bertz CT molecular complexity index is 914. The molecule has 1 saturated carbocycles. The van der Waals surface area contributed by atoms with Crippen molar-refractivity contribution in [2.75, 3.05) is 17.7 Å². The van der Waals surface area contributed by atoms with Crippen molar-refractivity contribution in [1.82, 2.24) is 5.32 Å². The molecular formula is C23H25FN2O4S. The van der Waals surface area contributed by atoms with Crippen molar-refractivity contribution in [2.45, 2.75) is 43.0 Å². The Balaban J connectivity index is 1.49. The molecule has 0 bridgehead atoms. The molecule has 0 radical (unpaired) electrons. The summed E-state index contributed by atoms with van der Waals surface area (Å²) < 4.78 is 18.1. The molecule has 0 aliphatic heterocycles. The minimum atomic E-state index is -0.610. The van der Waals surface area contributed by atoms with Gasteiger partial charge in [-0.1, -0.05) is 31.4 Å². The van der Waals surface area contributed by atoms with Gasteiger partial charge in [0.15, 0.2) is 6.61 Å². The highest BCUT2D eigenvalue weighted by Crippen LogP contribution is 2.24. The van der Waals surface area contributed by atoms with Gasteiger partial charge in [-0.25, -0.2) is 9.18 Å². The van der Waals surface area contributed by atoms with Crippen molar-refractivity contribution in [3.63, 3.8) is 0 Å².